The Kier molecular flexibility index (Phi) is 6.23. The largest absolute Gasteiger partial charge is 0.493 e. The first-order chi connectivity index (χ1) is 10.2. The zero-order valence-electron chi connectivity index (χ0n) is 12.7. The van der Waals surface area contributed by atoms with Crippen molar-refractivity contribution in [3.8, 4) is 11.5 Å². The first-order valence-electron chi connectivity index (χ1n) is 7.37. The lowest BCUT2D eigenvalue weighted by molar-refractivity contribution is -0.124. The predicted molar refractivity (Wildman–Crippen MR) is 85.2 cm³/mol. The van der Waals surface area contributed by atoms with Gasteiger partial charge in [0.25, 0.3) is 0 Å². The zero-order valence-corrected chi connectivity index (χ0v) is 13.5. The van der Waals surface area contributed by atoms with Crippen LogP contribution in [-0.2, 0) is 4.79 Å². The summed E-state index contributed by atoms with van der Waals surface area (Å²) in [6.45, 7) is 0.703. The van der Waals surface area contributed by atoms with E-state index in [0.717, 1.165) is 35.0 Å². The van der Waals surface area contributed by atoms with Gasteiger partial charge in [0.05, 0.1) is 14.2 Å². The first kappa shape index (κ1) is 16.0. The predicted octanol–water partition coefficient (Wildman–Crippen LogP) is 3.10. The van der Waals surface area contributed by atoms with Gasteiger partial charge in [-0.25, -0.2) is 0 Å². The van der Waals surface area contributed by atoms with Crippen LogP contribution in [0.2, 0.25) is 0 Å². The smallest absolute Gasteiger partial charge is 0.223 e. The van der Waals surface area contributed by atoms with Crippen molar-refractivity contribution in [2.75, 3.05) is 26.5 Å². The van der Waals surface area contributed by atoms with Crippen LogP contribution in [0.4, 0.5) is 0 Å². The van der Waals surface area contributed by atoms with Gasteiger partial charge < -0.3 is 14.8 Å². The van der Waals surface area contributed by atoms with Gasteiger partial charge in [0, 0.05) is 23.1 Å². The molecule has 0 saturated heterocycles. The Hall–Kier alpha value is -1.36. The minimum absolute atomic E-state index is 0.223. The number of benzene rings is 1. The van der Waals surface area contributed by atoms with Crippen molar-refractivity contribution in [2.45, 2.75) is 30.6 Å². The molecule has 1 aromatic rings. The molecule has 0 spiro atoms. The Bertz CT molecular complexity index is 473. The van der Waals surface area contributed by atoms with Crippen molar-refractivity contribution >= 4 is 17.7 Å². The number of thioether (sulfide) groups is 1. The Morgan fingerprint density at radius 3 is 2.62 bits per heavy atom. The molecule has 5 heteroatoms. The van der Waals surface area contributed by atoms with Gasteiger partial charge in [-0.1, -0.05) is 12.8 Å². The number of amides is 1. The number of nitrogens with one attached hydrogen (secondary N) is 1. The van der Waals surface area contributed by atoms with Gasteiger partial charge in [0.15, 0.2) is 11.5 Å². The molecule has 0 heterocycles. The Morgan fingerprint density at radius 1 is 1.24 bits per heavy atom. The lowest BCUT2D eigenvalue weighted by Gasteiger charge is -2.11. The summed E-state index contributed by atoms with van der Waals surface area (Å²) in [4.78, 5) is 13.0. The summed E-state index contributed by atoms with van der Waals surface area (Å²) >= 11 is 1.70. The fraction of sp³-hybridized carbons (Fsp3) is 0.562. The normalized spacial score (nSPS) is 15.0. The van der Waals surface area contributed by atoms with Crippen molar-refractivity contribution in [2.24, 2.45) is 5.92 Å². The van der Waals surface area contributed by atoms with E-state index in [4.69, 9.17) is 9.47 Å². The van der Waals surface area contributed by atoms with E-state index in [-0.39, 0.29) is 11.8 Å². The summed E-state index contributed by atoms with van der Waals surface area (Å²) in [5.41, 5.74) is 0. The van der Waals surface area contributed by atoms with Crippen LogP contribution in [0.5, 0.6) is 11.5 Å². The minimum atomic E-state index is 0.223. The maximum Gasteiger partial charge on any atom is 0.223 e. The van der Waals surface area contributed by atoms with Crippen LogP contribution in [0, 0.1) is 5.92 Å². The molecule has 0 atom stereocenters. The van der Waals surface area contributed by atoms with E-state index in [1.165, 1.54) is 12.8 Å². The summed E-state index contributed by atoms with van der Waals surface area (Å²) in [5.74, 6) is 2.79. The Balaban J connectivity index is 1.74. The summed E-state index contributed by atoms with van der Waals surface area (Å²) < 4.78 is 10.5. The van der Waals surface area contributed by atoms with Crippen LogP contribution in [-0.4, -0.2) is 32.4 Å². The number of hydrogen-bond donors (Lipinski definition) is 1. The highest BCUT2D eigenvalue weighted by Crippen LogP contribution is 2.31. The van der Waals surface area contributed by atoms with Crippen molar-refractivity contribution in [1.82, 2.24) is 5.32 Å². The second-order valence-electron chi connectivity index (χ2n) is 5.14. The minimum Gasteiger partial charge on any atom is -0.493 e. The highest BCUT2D eigenvalue weighted by Gasteiger charge is 2.21. The van der Waals surface area contributed by atoms with E-state index < -0.39 is 0 Å². The molecule has 0 radical (unpaired) electrons. The van der Waals surface area contributed by atoms with Crippen molar-refractivity contribution in [3.05, 3.63) is 18.2 Å². The number of ether oxygens (including phenoxy) is 2. The average Bonchev–Trinajstić information content (AvgIpc) is 3.05. The van der Waals surface area contributed by atoms with Crippen molar-refractivity contribution in [1.29, 1.82) is 0 Å². The Morgan fingerprint density at radius 2 is 1.95 bits per heavy atom. The lowest BCUT2D eigenvalue weighted by atomic mass is 10.1. The first-order valence-corrected chi connectivity index (χ1v) is 8.35. The van der Waals surface area contributed by atoms with E-state index in [9.17, 15) is 4.79 Å². The monoisotopic (exact) mass is 309 g/mol. The van der Waals surface area contributed by atoms with Crippen LogP contribution >= 0.6 is 11.8 Å². The molecular weight excluding hydrogens is 286 g/mol. The number of carbonyl (C=O) groups is 1. The fourth-order valence-electron chi connectivity index (χ4n) is 2.58. The van der Waals surface area contributed by atoms with E-state index in [2.05, 4.69) is 5.32 Å². The molecule has 0 bridgehead atoms. The standard InChI is InChI=1S/C16H23NO3S/c1-19-14-8-7-13(11-15(14)20-2)21-10-9-17-16(18)12-5-3-4-6-12/h7-8,11-12H,3-6,9-10H2,1-2H3,(H,17,18). The van der Waals surface area contributed by atoms with Gasteiger partial charge in [0.1, 0.15) is 0 Å². The van der Waals surface area contributed by atoms with E-state index in [1.807, 2.05) is 18.2 Å². The van der Waals surface area contributed by atoms with Gasteiger partial charge in [-0.3, -0.25) is 4.79 Å². The van der Waals surface area contributed by atoms with Crippen molar-refractivity contribution < 1.29 is 14.3 Å². The zero-order chi connectivity index (χ0) is 15.1. The molecule has 0 unspecified atom stereocenters. The van der Waals surface area contributed by atoms with Crippen LogP contribution in [0.15, 0.2) is 23.1 Å². The topological polar surface area (TPSA) is 47.6 Å². The van der Waals surface area contributed by atoms with Crippen LogP contribution in [0.3, 0.4) is 0 Å². The second kappa shape index (κ2) is 8.17. The molecule has 1 fully saturated rings. The van der Waals surface area contributed by atoms with Crippen molar-refractivity contribution in [3.63, 3.8) is 0 Å². The van der Waals surface area contributed by atoms with Gasteiger partial charge in [-0.05, 0) is 31.0 Å². The van der Waals surface area contributed by atoms with E-state index >= 15 is 0 Å². The molecular formula is C16H23NO3S. The molecule has 0 aliphatic heterocycles. The molecule has 0 aromatic heterocycles. The molecule has 4 nitrogen and oxygen atoms in total. The molecule has 1 aliphatic carbocycles. The molecule has 1 aliphatic rings. The third kappa shape index (κ3) is 4.56. The third-order valence-electron chi connectivity index (χ3n) is 3.75. The van der Waals surface area contributed by atoms with Crippen LogP contribution < -0.4 is 14.8 Å². The highest BCUT2D eigenvalue weighted by molar-refractivity contribution is 7.99. The molecule has 116 valence electrons. The van der Waals surface area contributed by atoms with E-state index in [0.29, 0.717) is 6.54 Å². The summed E-state index contributed by atoms with van der Waals surface area (Å²) in [7, 11) is 3.26. The molecule has 1 saturated carbocycles. The second-order valence-corrected chi connectivity index (χ2v) is 6.31. The maximum atomic E-state index is 11.9. The highest BCUT2D eigenvalue weighted by atomic mass is 32.2. The summed E-state index contributed by atoms with van der Waals surface area (Å²) in [5, 5.41) is 3.03. The summed E-state index contributed by atoms with van der Waals surface area (Å²) in [6, 6.07) is 5.87. The maximum absolute atomic E-state index is 11.9. The SMILES string of the molecule is COc1ccc(SCCNC(=O)C2CCCC2)cc1OC. The Labute approximate surface area is 130 Å². The summed E-state index contributed by atoms with van der Waals surface area (Å²) in [6.07, 6.45) is 4.49. The average molecular weight is 309 g/mol. The number of carbonyl (C=O) groups excluding carboxylic acids is 1. The number of rotatable bonds is 7. The number of hydrogen-bond acceptors (Lipinski definition) is 4. The number of methoxy groups -OCH3 is 2. The van der Waals surface area contributed by atoms with Gasteiger partial charge in [-0.2, -0.15) is 0 Å². The van der Waals surface area contributed by atoms with Gasteiger partial charge in [-0.15, -0.1) is 11.8 Å². The lowest BCUT2D eigenvalue weighted by Crippen LogP contribution is -2.30. The van der Waals surface area contributed by atoms with Crippen LogP contribution in [0.1, 0.15) is 25.7 Å². The molecule has 1 N–H and O–H groups in total. The molecule has 1 aromatic carbocycles. The quantitative estimate of drug-likeness (QED) is 0.621. The molecule has 1 amide bonds. The molecule has 21 heavy (non-hydrogen) atoms. The fourth-order valence-corrected chi connectivity index (χ4v) is 3.38. The van der Waals surface area contributed by atoms with E-state index in [1.54, 1.807) is 26.0 Å². The van der Waals surface area contributed by atoms with Crippen LogP contribution in [0.25, 0.3) is 0 Å². The molecule has 2 rings (SSSR count). The van der Waals surface area contributed by atoms with Gasteiger partial charge in [0.2, 0.25) is 5.91 Å². The third-order valence-corrected chi connectivity index (χ3v) is 4.75. The van der Waals surface area contributed by atoms with Gasteiger partial charge >= 0.3 is 0 Å².